The molecule has 0 atom stereocenters. The van der Waals surface area contributed by atoms with Crippen LogP contribution >= 0.6 is 11.6 Å². The van der Waals surface area contributed by atoms with Crippen molar-refractivity contribution in [2.75, 3.05) is 12.4 Å². The summed E-state index contributed by atoms with van der Waals surface area (Å²) in [5.74, 6) is 0.882. The summed E-state index contributed by atoms with van der Waals surface area (Å²) in [7, 11) is 1.56. The van der Waals surface area contributed by atoms with E-state index in [9.17, 15) is 4.79 Å². The van der Waals surface area contributed by atoms with Crippen molar-refractivity contribution in [2.45, 2.75) is 13.8 Å². The SMILES string of the molecule is COc1cc(Cl)cc2cc(/C=C/C(=O)Nc3cccc(C)c3C)oc12. The Hall–Kier alpha value is -2.72. The lowest BCUT2D eigenvalue weighted by Gasteiger charge is -2.08. The average Bonchev–Trinajstić information content (AvgIpc) is 2.99. The number of anilines is 1. The van der Waals surface area contributed by atoms with E-state index in [1.807, 2.05) is 38.1 Å². The number of methoxy groups -OCH3 is 1. The molecule has 0 unspecified atom stereocenters. The number of fused-ring (bicyclic) bond motifs is 1. The largest absolute Gasteiger partial charge is 0.493 e. The summed E-state index contributed by atoms with van der Waals surface area (Å²) in [5, 5.41) is 4.26. The smallest absolute Gasteiger partial charge is 0.248 e. The maximum absolute atomic E-state index is 12.2. The highest BCUT2D eigenvalue weighted by atomic mass is 35.5. The van der Waals surface area contributed by atoms with Crippen molar-refractivity contribution in [3.05, 3.63) is 64.4 Å². The third-order valence-electron chi connectivity index (χ3n) is 4.05. The highest BCUT2D eigenvalue weighted by Gasteiger charge is 2.10. The molecule has 0 aliphatic rings. The molecule has 0 aliphatic heterocycles. The lowest BCUT2D eigenvalue weighted by atomic mass is 10.1. The van der Waals surface area contributed by atoms with Crippen molar-refractivity contribution in [2.24, 2.45) is 0 Å². The number of benzene rings is 2. The van der Waals surface area contributed by atoms with Crippen molar-refractivity contribution in [3.63, 3.8) is 0 Å². The summed E-state index contributed by atoms with van der Waals surface area (Å²) in [5.41, 5.74) is 3.57. The first-order valence-electron chi connectivity index (χ1n) is 7.80. The zero-order chi connectivity index (χ0) is 18.0. The molecule has 0 radical (unpaired) electrons. The van der Waals surface area contributed by atoms with Crippen molar-refractivity contribution < 1.29 is 13.9 Å². The molecule has 0 fully saturated rings. The lowest BCUT2D eigenvalue weighted by molar-refractivity contribution is -0.111. The van der Waals surface area contributed by atoms with E-state index in [0.29, 0.717) is 22.1 Å². The van der Waals surface area contributed by atoms with Gasteiger partial charge < -0.3 is 14.5 Å². The number of hydrogen-bond donors (Lipinski definition) is 1. The molecule has 3 rings (SSSR count). The van der Waals surface area contributed by atoms with E-state index >= 15 is 0 Å². The minimum absolute atomic E-state index is 0.223. The molecule has 5 heteroatoms. The third-order valence-corrected chi connectivity index (χ3v) is 4.27. The molecule has 0 saturated carbocycles. The van der Waals surface area contributed by atoms with E-state index in [1.54, 1.807) is 25.3 Å². The quantitative estimate of drug-likeness (QED) is 0.640. The van der Waals surface area contributed by atoms with Gasteiger partial charge in [0.2, 0.25) is 5.91 Å². The summed E-state index contributed by atoms with van der Waals surface area (Å²) < 4.78 is 11.0. The summed E-state index contributed by atoms with van der Waals surface area (Å²) in [6.45, 7) is 3.98. The van der Waals surface area contributed by atoms with Crippen LogP contribution in [0.4, 0.5) is 5.69 Å². The number of carbonyl (C=O) groups is 1. The fraction of sp³-hybridized carbons (Fsp3) is 0.150. The van der Waals surface area contributed by atoms with Gasteiger partial charge in [-0.15, -0.1) is 0 Å². The zero-order valence-electron chi connectivity index (χ0n) is 14.2. The Morgan fingerprint density at radius 2 is 2.04 bits per heavy atom. The maximum atomic E-state index is 12.2. The first-order valence-corrected chi connectivity index (χ1v) is 8.18. The molecular weight excluding hydrogens is 338 g/mol. The molecule has 0 saturated heterocycles. The molecule has 0 aliphatic carbocycles. The minimum atomic E-state index is -0.223. The topological polar surface area (TPSA) is 51.5 Å². The van der Waals surface area contributed by atoms with E-state index in [1.165, 1.54) is 6.08 Å². The summed E-state index contributed by atoms with van der Waals surface area (Å²) >= 11 is 6.05. The van der Waals surface area contributed by atoms with Crippen LogP contribution in [0.2, 0.25) is 5.02 Å². The molecule has 25 heavy (non-hydrogen) atoms. The minimum Gasteiger partial charge on any atom is -0.493 e. The van der Waals surface area contributed by atoms with Crippen LogP contribution in [0, 0.1) is 13.8 Å². The Bertz CT molecular complexity index is 972. The number of nitrogens with one attached hydrogen (secondary N) is 1. The number of carbonyl (C=O) groups excluding carboxylic acids is 1. The molecule has 1 amide bonds. The molecule has 128 valence electrons. The van der Waals surface area contributed by atoms with Gasteiger partial charge in [-0.05, 0) is 49.2 Å². The van der Waals surface area contributed by atoms with Gasteiger partial charge in [-0.1, -0.05) is 23.7 Å². The molecule has 1 heterocycles. The summed E-state index contributed by atoms with van der Waals surface area (Å²) in [6.07, 6.45) is 3.06. The Labute approximate surface area is 151 Å². The van der Waals surface area contributed by atoms with Crippen molar-refractivity contribution in [3.8, 4) is 5.75 Å². The molecule has 0 spiro atoms. The van der Waals surface area contributed by atoms with Gasteiger partial charge in [-0.25, -0.2) is 0 Å². The Kier molecular flexibility index (Phi) is 4.81. The van der Waals surface area contributed by atoms with Gasteiger partial charge in [0.25, 0.3) is 0 Å². The zero-order valence-corrected chi connectivity index (χ0v) is 15.0. The average molecular weight is 356 g/mol. The van der Waals surface area contributed by atoms with E-state index < -0.39 is 0 Å². The monoisotopic (exact) mass is 355 g/mol. The van der Waals surface area contributed by atoms with E-state index in [-0.39, 0.29) is 5.91 Å². The van der Waals surface area contributed by atoms with Crippen LogP contribution < -0.4 is 10.1 Å². The van der Waals surface area contributed by atoms with E-state index in [0.717, 1.165) is 22.2 Å². The van der Waals surface area contributed by atoms with Crippen LogP contribution in [0.1, 0.15) is 16.9 Å². The van der Waals surface area contributed by atoms with Gasteiger partial charge in [0.1, 0.15) is 5.76 Å². The van der Waals surface area contributed by atoms with Gasteiger partial charge in [0.05, 0.1) is 7.11 Å². The van der Waals surface area contributed by atoms with Crippen molar-refractivity contribution in [1.29, 1.82) is 0 Å². The number of aryl methyl sites for hydroxylation is 1. The maximum Gasteiger partial charge on any atom is 0.248 e. The molecule has 4 nitrogen and oxygen atoms in total. The highest BCUT2D eigenvalue weighted by molar-refractivity contribution is 6.31. The van der Waals surface area contributed by atoms with Gasteiger partial charge in [-0.2, -0.15) is 0 Å². The predicted molar refractivity (Wildman–Crippen MR) is 101 cm³/mol. The second-order valence-electron chi connectivity index (χ2n) is 5.75. The van der Waals surface area contributed by atoms with Crippen LogP contribution in [0.15, 0.2) is 46.9 Å². The second kappa shape index (κ2) is 7.03. The number of rotatable bonds is 4. The molecular formula is C20H18ClNO3. The van der Waals surface area contributed by atoms with Crippen LogP contribution in [-0.2, 0) is 4.79 Å². The van der Waals surface area contributed by atoms with Crippen LogP contribution in [0.3, 0.4) is 0 Å². The molecule has 0 bridgehead atoms. The summed E-state index contributed by atoms with van der Waals surface area (Å²) in [4.78, 5) is 12.2. The molecule has 1 N–H and O–H groups in total. The van der Waals surface area contributed by atoms with Crippen molar-refractivity contribution >= 4 is 40.2 Å². The number of amides is 1. The first kappa shape index (κ1) is 17.1. The van der Waals surface area contributed by atoms with E-state index in [2.05, 4.69) is 5.32 Å². The lowest BCUT2D eigenvalue weighted by Crippen LogP contribution is -2.09. The van der Waals surface area contributed by atoms with Crippen LogP contribution in [-0.4, -0.2) is 13.0 Å². The normalized spacial score (nSPS) is 11.2. The fourth-order valence-electron chi connectivity index (χ4n) is 2.56. The highest BCUT2D eigenvalue weighted by Crippen LogP contribution is 2.32. The Morgan fingerprint density at radius 3 is 2.80 bits per heavy atom. The van der Waals surface area contributed by atoms with Gasteiger partial charge in [-0.3, -0.25) is 4.79 Å². The predicted octanol–water partition coefficient (Wildman–Crippen LogP) is 5.36. The molecule has 1 aromatic heterocycles. The summed E-state index contributed by atoms with van der Waals surface area (Å²) in [6, 6.07) is 11.1. The number of halogens is 1. The Morgan fingerprint density at radius 1 is 1.24 bits per heavy atom. The Balaban J connectivity index is 1.80. The van der Waals surface area contributed by atoms with Gasteiger partial charge in [0, 0.05) is 28.2 Å². The first-order chi connectivity index (χ1) is 12.0. The number of furan rings is 1. The van der Waals surface area contributed by atoms with Crippen molar-refractivity contribution in [1.82, 2.24) is 0 Å². The number of hydrogen-bond acceptors (Lipinski definition) is 3. The van der Waals surface area contributed by atoms with Gasteiger partial charge >= 0.3 is 0 Å². The molecule has 3 aromatic rings. The second-order valence-corrected chi connectivity index (χ2v) is 6.18. The van der Waals surface area contributed by atoms with Crippen LogP contribution in [0.25, 0.3) is 17.0 Å². The van der Waals surface area contributed by atoms with Gasteiger partial charge in [0.15, 0.2) is 11.3 Å². The standard InChI is InChI=1S/C20H18ClNO3/c1-12-5-4-6-17(13(12)2)22-19(23)8-7-16-10-14-9-15(21)11-18(24-3)20(14)25-16/h4-11H,1-3H3,(H,22,23)/b8-7+. The fourth-order valence-corrected chi connectivity index (χ4v) is 2.77. The molecule has 2 aromatic carbocycles. The van der Waals surface area contributed by atoms with E-state index in [4.69, 9.17) is 20.8 Å². The third kappa shape index (κ3) is 3.69. The number of ether oxygens (including phenoxy) is 1. The van der Waals surface area contributed by atoms with Crippen LogP contribution in [0.5, 0.6) is 5.75 Å².